The summed E-state index contributed by atoms with van der Waals surface area (Å²) >= 11 is 0. The molecule has 92 valence electrons. The predicted octanol–water partition coefficient (Wildman–Crippen LogP) is 0.246. The summed E-state index contributed by atoms with van der Waals surface area (Å²) in [6.45, 7) is 0.0707. The van der Waals surface area contributed by atoms with Crippen molar-refractivity contribution in [3.63, 3.8) is 0 Å². The highest BCUT2D eigenvalue weighted by Crippen LogP contribution is 2.24. The lowest BCUT2D eigenvalue weighted by molar-refractivity contribution is -0.142. The number of rotatable bonds is 3. The van der Waals surface area contributed by atoms with E-state index in [-0.39, 0.29) is 18.4 Å². The van der Waals surface area contributed by atoms with E-state index < -0.39 is 5.97 Å². The van der Waals surface area contributed by atoms with Crippen LogP contribution in [0.5, 0.6) is 0 Å². The minimum Gasteiger partial charge on any atom is -0.481 e. The second-order valence-corrected chi connectivity index (χ2v) is 4.15. The highest BCUT2D eigenvalue weighted by Gasteiger charge is 2.26. The number of aryl methyl sites for hydroxylation is 1. The number of fused-ring (bicyclic) bond motifs is 1. The van der Waals surface area contributed by atoms with Crippen LogP contribution in [0.4, 0.5) is 0 Å². The van der Waals surface area contributed by atoms with Gasteiger partial charge in [0.15, 0.2) is 0 Å². The number of carboxylic acid groups (broad SMARTS) is 1. The minimum absolute atomic E-state index is 0.0707. The zero-order valence-corrected chi connectivity index (χ0v) is 9.55. The van der Waals surface area contributed by atoms with Crippen LogP contribution >= 0.6 is 0 Å². The van der Waals surface area contributed by atoms with Crippen molar-refractivity contribution in [1.29, 1.82) is 0 Å². The van der Waals surface area contributed by atoms with E-state index >= 15 is 0 Å². The van der Waals surface area contributed by atoms with E-state index in [0.29, 0.717) is 19.3 Å². The van der Waals surface area contributed by atoms with Crippen molar-refractivity contribution >= 4 is 11.9 Å². The molecular weight excluding hydrogens is 224 g/mol. The van der Waals surface area contributed by atoms with Crippen molar-refractivity contribution in [1.82, 2.24) is 9.78 Å². The first-order valence-corrected chi connectivity index (χ1v) is 5.45. The molecule has 1 N–H and O–H groups in total. The molecule has 0 fully saturated rings. The fraction of sp³-hybridized carbons (Fsp3) is 0.545. The van der Waals surface area contributed by atoms with Crippen LogP contribution < -0.4 is 0 Å². The van der Waals surface area contributed by atoms with E-state index in [4.69, 9.17) is 5.11 Å². The molecule has 2 rings (SSSR count). The smallest absolute Gasteiger partial charge is 0.327 e. The fourth-order valence-electron chi connectivity index (χ4n) is 2.05. The summed E-state index contributed by atoms with van der Waals surface area (Å²) in [5, 5.41) is 13.2. The molecule has 1 heterocycles. The normalized spacial score (nSPS) is 18.5. The maximum atomic E-state index is 11.1. The van der Waals surface area contributed by atoms with Crippen LogP contribution in [0.3, 0.4) is 0 Å². The van der Waals surface area contributed by atoms with Gasteiger partial charge < -0.3 is 9.84 Å². The van der Waals surface area contributed by atoms with Gasteiger partial charge in [-0.15, -0.1) is 0 Å². The van der Waals surface area contributed by atoms with Crippen molar-refractivity contribution in [3.05, 3.63) is 17.5 Å². The number of aromatic nitrogens is 2. The van der Waals surface area contributed by atoms with Crippen molar-refractivity contribution in [2.24, 2.45) is 5.92 Å². The van der Waals surface area contributed by atoms with Crippen molar-refractivity contribution in [3.8, 4) is 0 Å². The van der Waals surface area contributed by atoms with Crippen LogP contribution in [-0.2, 0) is 33.7 Å². The molecule has 1 aliphatic rings. The van der Waals surface area contributed by atoms with E-state index in [2.05, 4.69) is 9.84 Å². The summed E-state index contributed by atoms with van der Waals surface area (Å²) in [6, 6.07) is 0. The lowest BCUT2D eigenvalue weighted by atomic mass is 9.88. The Morgan fingerprint density at radius 2 is 2.41 bits per heavy atom. The topological polar surface area (TPSA) is 81.4 Å². The van der Waals surface area contributed by atoms with Crippen molar-refractivity contribution < 1.29 is 19.4 Å². The lowest BCUT2D eigenvalue weighted by Crippen LogP contribution is -2.21. The van der Waals surface area contributed by atoms with E-state index in [1.807, 2.05) is 0 Å². The van der Waals surface area contributed by atoms with Gasteiger partial charge in [-0.3, -0.25) is 14.3 Å². The number of hydrogen-bond acceptors (Lipinski definition) is 4. The van der Waals surface area contributed by atoms with Crippen LogP contribution in [0.1, 0.15) is 17.7 Å². The standard InChI is InChI=1S/C11H14N2O4/c1-17-10(14)6-13-5-8-4-7(11(15)16)2-3-9(8)12-13/h5,7H,2-4,6H2,1H3,(H,15,16). The third-order valence-electron chi connectivity index (χ3n) is 2.99. The van der Waals surface area contributed by atoms with Gasteiger partial charge >= 0.3 is 11.9 Å². The summed E-state index contributed by atoms with van der Waals surface area (Å²) in [5.41, 5.74) is 1.82. The molecule has 17 heavy (non-hydrogen) atoms. The Morgan fingerprint density at radius 1 is 1.65 bits per heavy atom. The van der Waals surface area contributed by atoms with Crippen molar-refractivity contribution in [2.45, 2.75) is 25.8 Å². The lowest BCUT2D eigenvalue weighted by Gasteiger charge is -2.16. The molecule has 0 aromatic carbocycles. The molecule has 1 unspecified atom stereocenters. The van der Waals surface area contributed by atoms with Crippen LogP contribution in [0.2, 0.25) is 0 Å². The number of carboxylic acids is 1. The summed E-state index contributed by atoms with van der Waals surface area (Å²) in [7, 11) is 1.33. The van der Waals surface area contributed by atoms with Gasteiger partial charge in [-0.2, -0.15) is 5.10 Å². The zero-order chi connectivity index (χ0) is 12.4. The van der Waals surface area contributed by atoms with Gasteiger partial charge in [-0.1, -0.05) is 0 Å². The number of aliphatic carboxylic acids is 1. The highest BCUT2D eigenvalue weighted by atomic mass is 16.5. The van der Waals surface area contributed by atoms with Gasteiger partial charge in [0.25, 0.3) is 0 Å². The molecule has 1 aromatic heterocycles. The largest absolute Gasteiger partial charge is 0.481 e. The number of esters is 1. The van der Waals surface area contributed by atoms with Gasteiger partial charge in [-0.25, -0.2) is 0 Å². The average Bonchev–Trinajstić information content (AvgIpc) is 2.69. The van der Waals surface area contributed by atoms with Gasteiger partial charge in [0, 0.05) is 6.20 Å². The first kappa shape index (κ1) is 11.6. The molecule has 1 atom stereocenters. The molecule has 6 nitrogen and oxygen atoms in total. The maximum absolute atomic E-state index is 11.1. The average molecular weight is 238 g/mol. The first-order chi connectivity index (χ1) is 8.10. The predicted molar refractivity (Wildman–Crippen MR) is 57.4 cm³/mol. The fourth-order valence-corrected chi connectivity index (χ4v) is 2.05. The Bertz CT molecular complexity index is 452. The SMILES string of the molecule is COC(=O)Cn1cc2c(n1)CCC(C(=O)O)C2. The third-order valence-corrected chi connectivity index (χ3v) is 2.99. The number of ether oxygens (including phenoxy) is 1. The quantitative estimate of drug-likeness (QED) is 0.763. The van der Waals surface area contributed by atoms with E-state index in [0.717, 1.165) is 11.3 Å². The maximum Gasteiger partial charge on any atom is 0.327 e. The molecule has 0 saturated carbocycles. The Balaban J connectivity index is 2.11. The van der Waals surface area contributed by atoms with E-state index in [1.165, 1.54) is 11.8 Å². The Hall–Kier alpha value is -1.85. The number of carbonyl (C=O) groups excluding carboxylic acids is 1. The molecule has 0 radical (unpaired) electrons. The van der Waals surface area contributed by atoms with Crippen LogP contribution in [0.15, 0.2) is 6.20 Å². The molecule has 1 aliphatic carbocycles. The molecule has 0 saturated heterocycles. The van der Waals surface area contributed by atoms with Gasteiger partial charge in [-0.05, 0) is 24.8 Å². The second kappa shape index (κ2) is 4.57. The number of hydrogen-bond donors (Lipinski definition) is 1. The summed E-state index contributed by atoms with van der Waals surface area (Å²) in [6.07, 6.45) is 3.49. The zero-order valence-electron chi connectivity index (χ0n) is 9.55. The Labute approximate surface area is 98.2 Å². The van der Waals surface area contributed by atoms with Gasteiger partial charge in [0.05, 0.1) is 18.7 Å². The van der Waals surface area contributed by atoms with Gasteiger partial charge in [0.1, 0.15) is 6.54 Å². The molecule has 6 heteroatoms. The molecule has 0 spiro atoms. The molecule has 0 aliphatic heterocycles. The number of methoxy groups -OCH3 is 1. The van der Waals surface area contributed by atoms with Gasteiger partial charge in [0.2, 0.25) is 0 Å². The van der Waals surface area contributed by atoms with E-state index in [1.54, 1.807) is 6.20 Å². The van der Waals surface area contributed by atoms with Crippen LogP contribution in [-0.4, -0.2) is 33.9 Å². The summed E-state index contributed by atoms with van der Waals surface area (Å²) < 4.78 is 6.07. The first-order valence-electron chi connectivity index (χ1n) is 5.45. The summed E-state index contributed by atoms with van der Waals surface area (Å²) in [5.74, 6) is -1.46. The second-order valence-electron chi connectivity index (χ2n) is 4.15. The Morgan fingerprint density at radius 3 is 3.06 bits per heavy atom. The molecule has 0 bridgehead atoms. The number of carbonyl (C=O) groups is 2. The molecular formula is C11H14N2O4. The monoisotopic (exact) mass is 238 g/mol. The molecule has 1 aromatic rings. The Kier molecular flexibility index (Phi) is 3.12. The van der Waals surface area contributed by atoms with E-state index in [9.17, 15) is 9.59 Å². The minimum atomic E-state index is -0.767. The molecule has 0 amide bonds. The highest BCUT2D eigenvalue weighted by molar-refractivity contribution is 5.71. The number of nitrogens with zero attached hydrogens (tertiary/aromatic N) is 2. The van der Waals surface area contributed by atoms with Crippen molar-refractivity contribution in [2.75, 3.05) is 7.11 Å². The van der Waals surface area contributed by atoms with Crippen LogP contribution in [0.25, 0.3) is 0 Å². The third kappa shape index (κ3) is 2.46. The van der Waals surface area contributed by atoms with Crippen LogP contribution in [0, 0.1) is 5.92 Å². The summed E-state index contributed by atoms with van der Waals surface area (Å²) in [4.78, 5) is 22.0.